The molecule has 22 heavy (non-hydrogen) atoms. The fourth-order valence-corrected chi connectivity index (χ4v) is 2.86. The van der Waals surface area contributed by atoms with Crippen molar-refractivity contribution in [1.29, 1.82) is 0 Å². The summed E-state index contributed by atoms with van der Waals surface area (Å²) in [6.45, 7) is 0. The van der Waals surface area contributed by atoms with Gasteiger partial charge in [-0.2, -0.15) is 26.3 Å². The molecule has 0 aromatic heterocycles. The van der Waals surface area contributed by atoms with Gasteiger partial charge in [0.2, 0.25) is 0 Å². The van der Waals surface area contributed by atoms with E-state index in [1.807, 2.05) is 0 Å². The van der Waals surface area contributed by atoms with Gasteiger partial charge < -0.3 is 4.89 Å². The first kappa shape index (κ1) is 16.8. The Morgan fingerprint density at radius 1 is 0.591 bits per heavy atom. The van der Waals surface area contributed by atoms with Crippen molar-refractivity contribution in [1.82, 2.24) is 0 Å². The van der Waals surface area contributed by atoms with Crippen molar-refractivity contribution in [3.05, 3.63) is 59.7 Å². The summed E-state index contributed by atoms with van der Waals surface area (Å²) in [5.74, 6) is 0. The van der Waals surface area contributed by atoms with Crippen molar-refractivity contribution < 1.29 is 31.2 Å². The van der Waals surface area contributed by atoms with Gasteiger partial charge in [-0.25, -0.2) is 0 Å². The number of hydrogen-bond acceptors (Lipinski definition) is 1. The molecule has 2 aromatic carbocycles. The van der Waals surface area contributed by atoms with Gasteiger partial charge in [0.1, 0.15) is 0 Å². The Morgan fingerprint density at radius 2 is 0.864 bits per heavy atom. The smallest absolute Gasteiger partial charge is 0.416 e. The molecule has 0 atom stereocenters. The second-order valence-electron chi connectivity index (χ2n) is 4.38. The van der Waals surface area contributed by atoms with Gasteiger partial charge in [0.15, 0.2) is 0 Å². The third kappa shape index (κ3) is 3.78. The monoisotopic (exact) mass is 337 g/mol. The lowest BCUT2D eigenvalue weighted by Crippen LogP contribution is -2.21. The van der Waals surface area contributed by atoms with Crippen LogP contribution in [0.1, 0.15) is 11.1 Å². The summed E-state index contributed by atoms with van der Waals surface area (Å²) in [6.07, 6.45) is -9.00. The first-order valence-electron chi connectivity index (χ1n) is 5.91. The van der Waals surface area contributed by atoms with Gasteiger partial charge in [0, 0.05) is 0 Å². The van der Waals surface area contributed by atoms with E-state index >= 15 is 0 Å². The molecule has 0 spiro atoms. The largest absolute Gasteiger partial charge is 0.822 e. The average molecular weight is 337 g/mol. The molecule has 0 N–H and O–H groups in total. The summed E-state index contributed by atoms with van der Waals surface area (Å²) in [7, 11) is -2.25. The molecule has 0 bridgehead atoms. The van der Waals surface area contributed by atoms with Gasteiger partial charge >= 0.3 is 12.4 Å². The van der Waals surface area contributed by atoms with Crippen LogP contribution >= 0.6 is 8.15 Å². The third-order valence-electron chi connectivity index (χ3n) is 2.86. The van der Waals surface area contributed by atoms with Crippen LogP contribution in [0.4, 0.5) is 26.3 Å². The number of benzene rings is 2. The van der Waals surface area contributed by atoms with E-state index in [1.165, 1.54) is 0 Å². The van der Waals surface area contributed by atoms with Crippen LogP contribution in [0.2, 0.25) is 0 Å². The van der Waals surface area contributed by atoms with Crippen molar-refractivity contribution in [3.8, 4) is 0 Å². The molecular formula is C14H8F6OP-. The van der Waals surface area contributed by atoms with E-state index in [1.54, 1.807) is 0 Å². The first-order valence-corrected chi connectivity index (χ1v) is 7.17. The molecule has 0 unspecified atom stereocenters. The lowest BCUT2D eigenvalue weighted by atomic mass is 10.2. The fourth-order valence-electron chi connectivity index (χ4n) is 1.72. The van der Waals surface area contributed by atoms with Crippen molar-refractivity contribution in [3.63, 3.8) is 0 Å². The highest BCUT2D eigenvalue weighted by Gasteiger charge is 2.31. The molecule has 8 heteroatoms. The van der Waals surface area contributed by atoms with E-state index in [2.05, 4.69) is 0 Å². The molecule has 2 rings (SSSR count). The van der Waals surface area contributed by atoms with Crippen LogP contribution in [0.3, 0.4) is 0 Å². The maximum absolute atomic E-state index is 12.4. The highest BCUT2D eigenvalue weighted by molar-refractivity contribution is 7.66. The van der Waals surface area contributed by atoms with Crippen molar-refractivity contribution >= 4 is 18.8 Å². The van der Waals surface area contributed by atoms with Gasteiger partial charge in [-0.3, -0.25) is 0 Å². The summed E-state index contributed by atoms with van der Waals surface area (Å²) >= 11 is 0. The molecule has 118 valence electrons. The lowest BCUT2D eigenvalue weighted by molar-refractivity contribution is -0.153. The second-order valence-corrected chi connectivity index (χ2v) is 6.01. The first-order chi connectivity index (χ1) is 10.1. The molecule has 0 heterocycles. The molecule has 0 amide bonds. The van der Waals surface area contributed by atoms with Crippen molar-refractivity contribution in [2.24, 2.45) is 0 Å². The Bertz CT molecular complexity index is 573. The van der Waals surface area contributed by atoms with Gasteiger partial charge in [-0.05, 0) is 34.9 Å². The van der Waals surface area contributed by atoms with Gasteiger partial charge in [0.25, 0.3) is 0 Å². The summed E-state index contributed by atoms with van der Waals surface area (Å²) in [4.78, 5) is 12.2. The molecule has 0 radical (unpaired) electrons. The van der Waals surface area contributed by atoms with Crippen LogP contribution in [0.15, 0.2) is 48.5 Å². The number of rotatable bonds is 2. The Hall–Kier alpha value is -1.59. The summed E-state index contributed by atoms with van der Waals surface area (Å²) < 4.78 is 74.5. The van der Waals surface area contributed by atoms with Gasteiger partial charge in [-0.15, -0.1) is 8.15 Å². The molecule has 0 saturated carbocycles. The minimum absolute atomic E-state index is 0.114. The average Bonchev–Trinajstić information content (AvgIpc) is 2.45. The normalized spacial score (nSPS) is 12.7. The molecule has 1 nitrogen and oxygen atoms in total. The fraction of sp³-hybridized carbons (Fsp3) is 0.143. The lowest BCUT2D eigenvalue weighted by Gasteiger charge is -2.25. The molecule has 2 aromatic rings. The zero-order chi connectivity index (χ0) is 16.5. The SMILES string of the molecule is [O-]P(c1ccc(C(F)(F)F)cc1)c1ccc(C(F)(F)F)cc1. The minimum Gasteiger partial charge on any atom is -0.822 e. The molecule has 0 aliphatic rings. The zero-order valence-corrected chi connectivity index (χ0v) is 11.6. The van der Waals surface area contributed by atoms with Crippen LogP contribution < -0.4 is 15.5 Å². The highest BCUT2D eigenvalue weighted by Crippen LogP contribution is 2.32. The molecule has 0 aliphatic heterocycles. The molecule has 0 saturated heterocycles. The van der Waals surface area contributed by atoms with Gasteiger partial charge in [0.05, 0.1) is 11.1 Å². The van der Waals surface area contributed by atoms with Crippen LogP contribution in [0.25, 0.3) is 0 Å². The zero-order valence-electron chi connectivity index (χ0n) is 10.7. The topological polar surface area (TPSA) is 23.1 Å². The predicted octanol–water partition coefficient (Wildman–Crippen LogP) is 3.43. The molecular weight excluding hydrogens is 329 g/mol. The summed E-state index contributed by atoms with van der Waals surface area (Å²) in [6, 6.07) is 7.36. The number of alkyl halides is 6. The maximum atomic E-state index is 12.4. The Morgan fingerprint density at radius 3 is 1.09 bits per heavy atom. The van der Waals surface area contributed by atoms with Crippen molar-refractivity contribution in [2.45, 2.75) is 12.4 Å². The quantitative estimate of drug-likeness (QED) is 0.608. The van der Waals surface area contributed by atoms with E-state index in [4.69, 9.17) is 0 Å². The van der Waals surface area contributed by atoms with E-state index in [9.17, 15) is 31.2 Å². The standard InChI is InChI=1S/C14H8F6OP/c15-13(16,17)9-1-5-11(6-2-9)22(21)12-7-3-10(4-8-12)14(18,19)20/h1-8H/q-1. The summed E-state index contributed by atoms with van der Waals surface area (Å²) in [5.41, 5.74) is -1.76. The van der Waals surface area contributed by atoms with E-state index in [0.717, 1.165) is 48.5 Å². The molecule has 0 fully saturated rings. The number of hydrogen-bond donors (Lipinski definition) is 0. The Labute approximate surface area is 123 Å². The maximum Gasteiger partial charge on any atom is 0.416 e. The third-order valence-corrected chi connectivity index (χ3v) is 4.39. The summed E-state index contributed by atoms with van der Waals surface area (Å²) in [5, 5.41) is 0.227. The van der Waals surface area contributed by atoms with Crippen LogP contribution in [-0.4, -0.2) is 0 Å². The second kappa shape index (κ2) is 5.89. The van der Waals surface area contributed by atoms with E-state index in [-0.39, 0.29) is 10.6 Å². The minimum atomic E-state index is -4.50. The van der Waals surface area contributed by atoms with Crippen LogP contribution in [0.5, 0.6) is 0 Å². The predicted molar refractivity (Wildman–Crippen MR) is 69.1 cm³/mol. The highest BCUT2D eigenvalue weighted by atomic mass is 31.1. The number of halogens is 6. The van der Waals surface area contributed by atoms with Crippen LogP contribution in [-0.2, 0) is 12.4 Å². The van der Waals surface area contributed by atoms with Crippen molar-refractivity contribution in [2.75, 3.05) is 0 Å². The van der Waals surface area contributed by atoms with Gasteiger partial charge in [-0.1, -0.05) is 24.3 Å². The Balaban J connectivity index is 2.23. The van der Waals surface area contributed by atoms with E-state index in [0.29, 0.717) is 0 Å². The molecule has 0 aliphatic carbocycles. The van der Waals surface area contributed by atoms with E-state index < -0.39 is 31.6 Å². The van der Waals surface area contributed by atoms with Crippen LogP contribution in [0, 0.1) is 0 Å². The Kier molecular flexibility index (Phi) is 4.49.